The van der Waals surface area contributed by atoms with Gasteiger partial charge in [-0.15, -0.1) is 0 Å². The van der Waals surface area contributed by atoms with E-state index in [0.29, 0.717) is 10.8 Å². The molecule has 0 aliphatic carbocycles. The number of halogens is 1. The van der Waals surface area contributed by atoms with Gasteiger partial charge in [-0.1, -0.05) is 0 Å². The number of nitrogens with one attached hydrogen (secondary N) is 1. The monoisotopic (exact) mass is 431 g/mol. The minimum atomic E-state index is -3.34. The van der Waals surface area contributed by atoms with Crippen LogP contribution in [0.3, 0.4) is 0 Å². The summed E-state index contributed by atoms with van der Waals surface area (Å²) in [6.07, 6.45) is 0.963. The van der Waals surface area contributed by atoms with E-state index in [-0.39, 0.29) is 32.9 Å². The minimum absolute atomic E-state index is 0.0708. The maximum absolute atomic E-state index is 12.4. The first-order valence-electron chi connectivity index (χ1n) is 6.40. The summed E-state index contributed by atoms with van der Waals surface area (Å²) in [5.41, 5.74) is 0.185. The van der Waals surface area contributed by atoms with Gasteiger partial charge in [-0.05, 0) is 0 Å². The van der Waals surface area contributed by atoms with Crippen molar-refractivity contribution in [3.63, 3.8) is 0 Å². The zero-order valence-corrected chi connectivity index (χ0v) is 16.5. The van der Waals surface area contributed by atoms with Crippen LogP contribution >= 0.6 is 11.3 Å². The molecule has 0 fully saturated rings. The Morgan fingerprint density at radius 1 is 1.45 bits per heavy atom. The number of sulfonamides is 1. The summed E-state index contributed by atoms with van der Waals surface area (Å²) >= 11 is 1.20. The Hall–Kier alpha value is 0.300. The van der Waals surface area contributed by atoms with Crippen LogP contribution in [0.4, 0.5) is 0 Å². The second-order valence-electron chi connectivity index (χ2n) is 5.98. The van der Waals surface area contributed by atoms with Crippen LogP contribution in [0.15, 0.2) is 21.7 Å². The Morgan fingerprint density at radius 2 is 2.10 bits per heavy atom. The Labute approximate surface area is 137 Å². The van der Waals surface area contributed by atoms with Gasteiger partial charge in [0.25, 0.3) is 0 Å². The molecule has 0 aromatic carbocycles. The zero-order chi connectivity index (χ0) is 15.4. The van der Waals surface area contributed by atoms with Gasteiger partial charge in [0.2, 0.25) is 0 Å². The van der Waals surface area contributed by atoms with Crippen molar-refractivity contribution in [1.29, 1.82) is 0 Å². The second kappa shape index (κ2) is 7.53. The number of likely N-dealkylation sites (N-methyl/N-ethyl adjacent to an activating group) is 1. The third kappa shape index (κ3) is 5.59. The van der Waals surface area contributed by atoms with Gasteiger partial charge in [0, 0.05) is 0 Å². The Kier molecular flexibility index (Phi) is 6.91. The molecule has 1 aromatic rings. The summed E-state index contributed by atoms with van der Waals surface area (Å²) in [7, 11) is -1.67. The molecule has 1 rings (SSSR count). The standard InChI is InChI=1S/C13H24IN2O2S2/c1-13(2,3)9-11(15-14-4)10-16(5)20(17,18)12-7-6-8-19-12/h6-8,11,15H,9-10H2,1-5H3/q-1/t11-/m0/s1. The predicted molar refractivity (Wildman–Crippen MR) is 81.1 cm³/mol. The van der Waals surface area contributed by atoms with Crippen molar-refractivity contribution in [2.24, 2.45) is 5.41 Å². The van der Waals surface area contributed by atoms with Gasteiger partial charge in [-0.25, -0.2) is 0 Å². The van der Waals surface area contributed by atoms with Gasteiger partial charge in [0.05, 0.1) is 0 Å². The normalized spacial score (nSPS) is 14.9. The molecular weight excluding hydrogens is 407 g/mol. The average Bonchev–Trinajstić information content (AvgIpc) is 2.80. The Balaban J connectivity index is 2.78. The summed E-state index contributed by atoms with van der Waals surface area (Å²) in [4.78, 5) is 2.16. The fraction of sp³-hybridized carbons (Fsp3) is 0.692. The Morgan fingerprint density at radius 3 is 2.55 bits per heavy atom. The van der Waals surface area contributed by atoms with E-state index in [1.807, 2.05) is 0 Å². The molecule has 0 radical (unpaired) electrons. The van der Waals surface area contributed by atoms with Gasteiger partial charge in [0.1, 0.15) is 0 Å². The van der Waals surface area contributed by atoms with Crippen molar-refractivity contribution >= 4 is 21.4 Å². The SMILES string of the molecule is C[I-]N[C@H](CN(C)S(=O)(=O)c1cccs1)CC(C)(C)C. The molecule has 0 saturated heterocycles. The van der Waals surface area contributed by atoms with Crippen LogP contribution < -0.4 is 25.0 Å². The molecule has 4 nitrogen and oxygen atoms in total. The first-order valence-corrected chi connectivity index (χ1v) is 12.0. The molecule has 7 heteroatoms. The molecule has 1 atom stereocenters. The molecule has 0 aliphatic heterocycles. The number of rotatable bonds is 7. The van der Waals surface area contributed by atoms with Crippen molar-refractivity contribution in [3.8, 4) is 0 Å². The molecule has 0 saturated carbocycles. The molecule has 1 heterocycles. The first-order chi connectivity index (χ1) is 9.16. The molecule has 0 unspecified atom stereocenters. The molecule has 0 spiro atoms. The summed E-state index contributed by atoms with van der Waals surface area (Å²) in [6.45, 7) is 7.07. The van der Waals surface area contributed by atoms with Crippen molar-refractivity contribution in [1.82, 2.24) is 7.84 Å². The third-order valence-corrected chi connectivity index (χ3v) is 7.46. The van der Waals surface area contributed by atoms with Gasteiger partial charge in [-0.2, -0.15) is 0 Å². The molecule has 0 bridgehead atoms. The first kappa shape index (κ1) is 18.3. The average molecular weight is 431 g/mol. The summed E-state index contributed by atoms with van der Waals surface area (Å²) in [5.74, 6) is 0. The molecule has 1 N–H and O–H groups in total. The van der Waals surface area contributed by atoms with Crippen molar-refractivity contribution < 1.29 is 29.9 Å². The van der Waals surface area contributed by atoms with E-state index in [1.54, 1.807) is 24.6 Å². The quantitative estimate of drug-likeness (QED) is 0.356. The van der Waals surface area contributed by atoms with Crippen molar-refractivity contribution in [3.05, 3.63) is 17.5 Å². The van der Waals surface area contributed by atoms with E-state index in [1.165, 1.54) is 15.6 Å². The number of hydrogen-bond donors (Lipinski definition) is 1. The fourth-order valence-electron chi connectivity index (χ4n) is 2.00. The summed E-state index contributed by atoms with van der Waals surface area (Å²) in [6, 6.07) is 3.65. The van der Waals surface area contributed by atoms with E-state index in [9.17, 15) is 8.42 Å². The van der Waals surface area contributed by atoms with Crippen LogP contribution in [0.5, 0.6) is 0 Å². The van der Waals surface area contributed by atoms with E-state index >= 15 is 0 Å². The van der Waals surface area contributed by atoms with Crippen LogP contribution in [0.25, 0.3) is 0 Å². The van der Waals surface area contributed by atoms with Crippen LogP contribution in [0.2, 0.25) is 0 Å². The van der Waals surface area contributed by atoms with Gasteiger partial charge < -0.3 is 0 Å². The number of nitrogens with zero attached hydrogens (tertiary/aromatic N) is 1. The van der Waals surface area contributed by atoms with Gasteiger partial charge in [0.15, 0.2) is 0 Å². The van der Waals surface area contributed by atoms with Crippen LogP contribution in [0.1, 0.15) is 27.2 Å². The molecule has 0 aliphatic rings. The van der Waals surface area contributed by atoms with Crippen molar-refractivity contribution in [2.45, 2.75) is 37.4 Å². The molecule has 0 amide bonds. The third-order valence-electron chi connectivity index (χ3n) is 2.76. The molecular formula is C13H24IN2O2S2-. The Bertz CT molecular complexity index is 495. The maximum atomic E-state index is 12.4. The number of alkyl halides is 1. The molecule has 118 valence electrons. The zero-order valence-electron chi connectivity index (χ0n) is 12.7. The molecule has 20 heavy (non-hydrogen) atoms. The van der Waals surface area contributed by atoms with Crippen LogP contribution in [-0.2, 0) is 10.0 Å². The van der Waals surface area contributed by atoms with Gasteiger partial charge >= 0.3 is 138 Å². The van der Waals surface area contributed by atoms with E-state index in [4.69, 9.17) is 0 Å². The second-order valence-corrected chi connectivity index (χ2v) is 10.9. The number of hydrogen-bond acceptors (Lipinski definition) is 4. The summed E-state index contributed by atoms with van der Waals surface area (Å²) < 4.78 is 30.2. The van der Waals surface area contributed by atoms with Gasteiger partial charge in [-0.3, -0.25) is 0 Å². The van der Waals surface area contributed by atoms with Crippen molar-refractivity contribution in [2.75, 3.05) is 18.5 Å². The molecule has 1 aromatic heterocycles. The fourth-order valence-corrected chi connectivity index (χ4v) is 5.72. The van der Waals surface area contributed by atoms with E-state index < -0.39 is 10.0 Å². The van der Waals surface area contributed by atoms with Crippen LogP contribution in [-0.4, -0.2) is 37.3 Å². The summed E-state index contributed by atoms with van der Waals surface area (Å²) in [5, 5.41) is 1.79. The van der Waals surface area contributed by atoms with Crippen LogP contribution in [0, 0.1) is 5.41 Å². The predicted octanol–water partition coefficient (Wildman–Crippen LogP) is -0.603. The van der Waals surface area contributed by atoms with E-state index in [0.717, 1.165) is 6.42 Å². The number of thiophene rings is 1. The topological polar surface area (TPSA) is 49.4 Å². The van der Waals surface area contributed by atoms with E-state index in [2.05, 4.69) is 29.2 Å².